The fourth-order valence-electron chi connectivity index (χ4n) is 9.29. The Morgan fingerprint density at radius 3 is 1.78 bits per heavy atom. The first-order valence-electron chi connectivity index (χ1n) is 25.2. The van der Waals surface area contributed by atoms with Gasteiger partial charge in [-0.3, -0.25) is 4.57 Å². The second-order valence-electron chi connectivity index (χ2n) is 24.2. The van der Waals surface area contributed by atoms with E-state index in [0.717, 1.165) is 78.0 Å². The zero-order chi connectivity index (χ0) is 51.1. The minimum Gasteiger partial charge on any atom is -0.507 e. The van der Waals surface area contributed by atoms with Crippen molar-refractivity contribution in [1.82, 2.24) is 9.55 Å². The fourth-order valence-corrected chi connectivity index (χ4v) is 9.29. The molecule has 6 aromatic carbocycles. The molecule has 69 heavy (non-hydrogen) atoms. The van der Waals surface area contributed by atoms with Gasteiger partial charge >= 0.3 is 0 Å². The first-order valence-corrected chi connectivity index (χ1v) is 24.7. The highest BCUT2D eigenvalue weighted by Gasteiger charge is 2.36. The van der Waals surface area contributed by atoms with Crippen molar-refractivity contribution in [3.63, 3.8) is 0 Å². The second-order valence-corrected chi connectivity index (χ2v) is 24.2. The Morgan fingerprint density at radius 1 is 0.551 bits per heavy atom. The maximum Gasteiger partial charge on any atom is 0.149 e. The lowest BCUT2D eigenvalue weighted by atomic mass is 9.65. The molecule has 2 aromatic heterocycles. The summed E-state index contributed by atoms with van der Waals surface area (Å²) in [6.45, 7) is 35.5. The molecule has 0 saturated heterocycles. The summed E-state index contributed by atoms with van der Waals surface area (Å²) in [6, 6.07) is 48.1. The molecule has 0 spiro atoms. The fraction of sp³-hybridized carbons (Fsp3) is 0.338. The lowest BCUT2D eigenvalue weighted by Crippen LogP contribution is -2.34. The molecule has 2 heterocycles. The van der Waals surface area contributed by atoms with E-state index in [1.807, 2.05) is 24.6 Å². The molecule has 8 aromatic rings. The minimum absolute atomic E-state index is 0.00684. The number of fused-ring (bicyclic) bond motifs is 1. The Balaban J connectivity index is 1.45. The van der Waals surface area contributed by atoms with E-state index in [1.165, 1.54) is 11.1 Å². The molecule has 0 amide bonds. The predicted octanol–water partition coefficient (Wildman–Crippen LogP) is 17.3. The van der Waals surface area contributed by atoms with Crippen molar-refractivity contribution in [2.45, 2.75) is 138 Å². The van der Waals surface area contributed by atoms with Crippen LogP contribution in [0.4, 0.5) is 0 Å². The Bertz CT molecular complexity index is 3240. The SMILES string of the molecule is [2H]C(C)(C)c1ccc(-c2cc[n+]([CH2-])c(-c3cc(-c4cccc5c4nc(-c4cc(C(C)(C)C)cc(C(C)(C)C)c4O)n5-c4ccc(C(C)(C)C(C)(C)C)cc4-c4ccccc4)cc(C(C)(C)C)c3)c2)cc1. The molecule has 0 radical (unpaired) electrons. The van der Waals surface area contributed by atoms with Crippen LogP contribution in [-0.2, 0) is 21.7 Å². The maximum atomic E-state index is 12.7. The highest BCUT2D eigenvalue weighted by atomic mass is 16.3. The lowest BCUT2D eigenvalue weighted by molar-refractivity contribution is -0.600. The van der Waals surface area contributed by atoms with Gasteiger partial charge in [0.05, 0.1) is 28.5 Å². The largest absolute Gasteiger partial charge is 0.507 e. The molecule has 8 rings (SSSR count). The number of phenols is 1. The van der Waals surface area contributed by atoms with Crippen molar-refractivity contribution in [3.05, 3.63) is 175 Å². The zero-order valence-electron chi connectivity index (χ0n) is 45.3. The van der Waals surface area contributed by atoms with Gasteiger partial charge in [-0.2, -0.15) is 0 Å². The van der Waals surface area contributed by atoms with Gasteiger partial charge in [-0.05, 0) is 119 Å². The topological polar surface area (TPSA) is 41.9 Å². The van der Waals surface area contributed by atoms with E-state index in [-0.39, 0.29) is 32.8 Å². The van der Waals surface area contributed by atoms with Crippen LogP contribution in [0, 0.1) is 12.5 Å². The van der Waals surface area contributed by atoms with Gasteiger partial charge in [-0.15, -0.1) is 0 Å². The van der Waals surface area contributed by atoms with E-state index in [1.54, 1.807) is 0 Å². The van der Waals surface area contributed by atoms with E-state index in [2.05, 4.69) is 242 Å². The van der Waals surface area contributed by atoms with E-state index >= 15 is 0 Å². The Kier molecular flexibility index (Phi) is 12.1. The van der Waals surface area contributed by atoms with Gasteiger partial charge < -0.3 is 9.67 Å². The summed E-state index contributed by atoms with van der Waals surface area (Å²) < 4.78 is 12.8. The molecule has 0 aliphatic rings. The van der Waals surface area contributed by atoms with Gasteiger partial charge in [0.25, 0.3) is 0 Å². The molecular weight excluding hydrogens is 839 g/mol. The third-order valence-electron chi connectivity index (χ3n) is 14.9. The number of rotatable bonds is 8. The molecule has 0 atom stereocenters. The molecule has 1 N–H and O–H groups in total. The van der Waals surface area contributed by atoms with Crippen LogP contribution < -0.4 is 4.57 Å². The second kappa shape index (κ2) is 17.5. The highest BCUT2D eigenvalue weighted by Crippen LogP contribution is 2.48. The lowest BCUT2D eigenvalue weighted by Gasteiger charge is -2.40. The number of imidazole rings is 1. The minimum atomic E-state index is -0.676. The summed E-state index contributed by atoms with van der Waals surface area (Å²) in [7, 11) is 4.48. The van der Waals surface area contributed by atoms with Crippen molar-refractivity contribution in [2.75, 3.05) is 0 Å². The molecule has 0 saturated carbocycles. The standard InChI is InChI=1S/C65H75N3O/c1-41(2)42-26-28-43(29-27-42)45-32-33-67(17)57(37-45)47-34-46(35-49(36-47)61(3,4)5)51-24-21-25-56-58(51)66-60(53-39-50(62(6,7)8)40-54(59(53)69)63(9,10)11)68(56)55-31-30-48(65(15,16)64(12,13)14)38-52(55)44-22-19-18-20-23-44/h18-41,69H,17H2,1-16H3/i41D. The smallest absolute Gasteiger partial charge is 0.149 e. The van der Waals surface area contributed by atoms with Gasteiger partial charge in [0.15, 0.2) is 0 Å². The maximum absolute atomic E-state index is 12.7. The van der Waals surface area contributed by atoms with Crippen LogP contribution in [0.15, 0.2) is 140 Å². The van der Waals surface area contributed by atoms with E-state index in [4.69, 9.17) is 6.35 Å². The van der Waals surface area contributed by atoms with E-state index in [0.29, 0.717) is 11.4 Å². The average molecular weight is 915 g/mol. The van der Waals surface area contributed by atoms with Crippen molar-refractivity contribution >= 4 is 11.0 Å². The van der Waals surface area contributed by atoms with Crippen LogP contribution in [0.2, 0.25) is 0 Å². The summed E-state index contributed by atoms with van der Waals surface area (Å²) in [4.78, 5) is 5.75. The first-order chi connectivity index (χ1) is 32.4. The van der Waals surface area contributed by atoms with E-state index < -0.39 is 5.89 Å². The molecular formula is C65H75N3O. The highest BCUT2D eigenvalue weighted by molar-refractivity contribution is 5.98. The first kappa shape index (κ1) is 47.7. The van der Waals surface area contributed by atoms with Crippen LogP contribution in [0.3, 0.4) is 0 Å². The van der Waals surface area contributed by atoms with Crippen LogP contribution >= 0.6 is 0 Å². The van der Waals surface area contributed by atoms with Gasteiger partial charge in [0, 0.05) is 25.1 Å². The van der Waals surface area contributed by atoms with Crippen LogP contribution in [0.25, 0.3) is 72.7 Å². The number of aromatic hydroxyl groups is 1. The van der Waals surface area contributed by atoms with Crippen molar-refractivity contribution in [2.24, 2.45) is 5.41 Å². The third-order valence-corrected chi connectivity index (χ3v) is 14.9. The number of pyridine rings is 1. The van der Waals surface area contributed by atoms with Crippen molar-refractivity contribution < 1.29 is 11.0 Å². The molecule has 0 bridgehead atoms. The van der Waals surface area contributed by atoms with Crippen LogP contribution in [0.1, 0.15) is 146 Å². The number of aromatic nitrogens is 3. The van der Waals surface area contributed by atoms with Gasteiger partial charge in [0.1, 0.15) is 17.3 Å². The Morgan fingerprint density at radius 2 is 1.17 bits per heavy atom. The molecule has 0 aliphatic carbocycles. The summed E-state index contributed by atoms with van der Waals surface area (Å²) in [5, 5.41) is 12.7. The number of hydrogen-bond donors (Lipinski definition) is 1. The average Bonchev–Trinajstić information content (AvgIpc) is 3.67. The summed E-state index contributed by atoms with van der Waals surface area (Å²) >= 11 is 0. The predicted molar refractivity (Wildman–Crippen MR) is 294 cm³/mol. The number of hydrogen-bond acceptors (Lipinski definition) is 2. The summed E-state index contributed by atoms with van der Waals surface area (Å²) in [6.07, 6.45) is 2.04. The molecule has 0 unspecified atom stereocenters. The third kappa shape index (κ3) is 9.40. The van der Waals surface area contributed by atoms with Crippen LogP contribution in [-0.4, -0.2) is 14.7 Å². The summed E-state index contributed by atoms with van der Waals surface area (Å²) in [5.74, 6) is 0.261. The van der Waals surface area contributed by atoms with Gasteiger partial charge in [-0.25, -0.2) is 4.98 Å². The van der Waals surface area contributed by atoms with E-state index in [9.17, 15) is 5.11 Å². The van der Waals surface area contributed by atoms with Crippen molar-refractivity contribution in [1.29, 1.82) is 0 Å². The quantitative estimate of drug-likeness (QED) is 0.122. The number of para-hydroxylation sites is 1. The number of nitrogens with zero attached hydrogens (tertiary/aromatic N) is 3. The zero-order valence-corrected chi connectivity index (χ0v) is 44.3. The molecule has 4 nitrogen and oxygen atoms in total. The Hall–Kier alpha value is -6.39. The number of phenolic OH excluding ortho intramolecular Hbond substituents is 1. The molecule has 356 valence electrons. The van der Waals surface area contributed by atoms with Crippen molar-refractivity contribution in [3.8, 4) is 67.5 Å². The molecule has 0 aliphatic heterocycles. The normalized spacial score (nSPS) is 13.2. The number of benzene rings is 6. The van der Waals surface area contributed by atoms with Gasteiger partial charge in [-0.1, -0.05) is 208 Å². The Labute approximate surface area is 415 Å². The monoisotopic (exact) mass is 915 g/mol. The van der Waals surface area contributed by atoms with Crippen LogP contribution in [0.5, 0.6) is 5.75 Å². The molecule has 0 fully saturated rings. The van der Waals surface area contributed by atoms with Gasteiger partial charge in [0.2, 0.25) is 0 Å². The molecule has 4 heteroatoms. The summed E-state index contributed by atoms with van der Waals surface area (Å²) in [5.41, 5.74) is 16.5.